The zero-order valence-corrected chi connectivity index (χ0v) is 17.7. The molecule has 2 aliphatic carbocycles. The molecule has 0 bridgehead atoms. The minimum atomic E-state index is -0.525. The predicted molar refractivity (Wildman–Crippen MR) is 122 cm³/mol. The van der Waals surface area contributed by atoms with Gasteiger partial charge in [-0.2, -0.15) is 0 Å². The molecule has 1 fully saturated rings. The molecular formula is C27H33NO2. The average molecular weight is 404 g/mol. The molecule has 5 atom stereocenters. The second kappa shape index (κ2) is 9.30. The standard InChI is InChI=1S/C27H33NO2/c1-18-5-4-6-19(11-18)14-24(29)9-10-25-26-15-20(13-23(26)16-27(25)30)12-21-7-2-3-8-22(21)17-28/h2-11,13,23-27,29-30H,12,14-17,28H2,1H3/t23-,24+,25+,26-,27+/m0/s1. The van der Waals surface area contributed by atoms with Crippen molar-refractivity contribution >= 4 is 0 Å². The molecule has 2 aromatic rings. The van der Waals surface area contributed by atoms with Crippen molar-refractivity contribution in [3.05, 3.63) is 94.6 Å². The van der Waals surface area contributed by atoms with Crippen molar-refractivity contribution in [3.63, 3.8) is 0 Å². The third-order valence-electron chi connectivity index (χ3n) is 6.79. The minimum Gasteiger partial charge on any atom is -0.392 e. The predicted octanol–water partition coefficient (Wildman–Crippen LogP) is 4.10. The third-order valence-corrected chi connectivity index (χ3v) is 6.79. The Morgan fingerprint density at radius 2 is 1.93 bits per heavy atom. The summed E-state index contributed by atoms with van der Waals surface area (Å²) < 4.78 is 0. The summed E-state index contributed by atoms with van der Waals surface area (Å²) in [4.78, 5) is 0. The van der Waals surface area contributed by atoms with E-state index >= 15 is 0 Å². The number of fused-ring (bicyclic) bond motifs is 1. The number of aliphatic hydroxyl groups is 2. The van der Waals surface area contributed by atoms with Gasteiger partial charge in [0.15, 0.2) is 0 Å². The van der Waals surface area contributed by atoms with Crippen LogP contribution in [-0.2, 0) is 19.4 Å². The molecule has 3 heteroatoms. The molecule has 0 amide bonds. The van der Waals surface area contributed by atoms with Crippen molar-refractivity contribution < 1.29 is 10.2 Å². The highest BCUT2D eigenvalue weighted by Gasteiger charge is 2.43. The number of aliphatic hydroxyl groups excluding tert-OH is 2. The van der Waals surface area contributed by atoms with Gasteiger partial charge in [-0.25, -0.2) is 0 Å². The average Bonchev–Trinajstić information content (AvgIpc) is 3.23. The summed E-state index contributed by atoms with van der Waals surface area (Å²) in [5, 5.41) is 21.1. The lowest BCUT2D eigenvalue weighted by Gasteiger charge is -2.19. The molecule has 0 unspecified atom stereocenters. The maximum Gasteiger partial charge on any atom is 0.0761 e. The molecule has 2 aliphatic rings. The molecule has 4 N–H and O–H groups in total. The van der Waals surface area contributed by atoms with Crippen molar-refractivity contribution in [1.82, 2.24) is 0 Å². The largest absolute Gasteiger partial charge is 0.392 e. The van der Waals surface area contributed by atoms with Gasteiger partial charge in [0.1, 0.15) is 0 Å². The number of hydrogen-bond donors (Lipinski definition) is 3. The Labute approximate surface area is 180 Å². The van der Waals surface area contributed by atoms with Crippen molar-refractivity contribution in [3.8, 4) is 0 Å². The van der Waals surface area contributed by atoms with Gasteiger partial charge in [0.25, 0.3) is 0 Å². The second-order valence-electron chi connectivity index (χ2n) is 9.03. The highest BCUT2D eigenvalue weighted by molar-refractivity contribution is 5.33. The molecule has 2 aromatic carbocycles. The van der Waals surface area contributed by atoms with Crippen LogP contribution in [0.15, 0.2) is 72.3 Å². The van der Waals surface area contributed by atoms with Crippen molar-refractivity contribution in [1.29, 1.82) is 0 Å². The topological polar surface area (TPSA) is 66.5 Å². The van der Waals surface area contributed by atoms with Crippen LogP contribution in [0, 0.1) is 24.7 Å². The summed E-state index contributed by atoms with van der Waals surface area (Å²) in [6.07, 6.45) is 8.88. The number of aryl methyl sites for hydroxylation is 1. The van der Waals surface area contributed by atoms with E-state index in [1.807, 2.05) is 18.2 Å². The summed E-state index contributed by atoms with van der Waals surface area (Å²) in [6.45, 7) is 2.64. The highest BCUT2D eigenvalue weighted by Crippen LogP contribution is 2.48. The maximum atomic E-state index is 10.6. The molecular weight excluding hydrogens is 370 g/mol. The van der Waals surface area contributed by atoms with E-state index in [0.29, 0.717) is 24.8 Å². The van der Waals surface area contributed by atoms with Crippen molar-refractivity contribution in [2.24, 2.45) is 23.5 Å². The van der Waals surface area contributed by atoms with Crippen LogP contribution in [0.1, 0.15) is 35.1 Å². The number of benzene rings is 2. The lowest BCUT2D eigenvalue weighted by molar-refractivity contribution is 0.140. The highest BCUT2D eigenvalue weighted by atomic mass is 16.3. The van der Waals surface area contributed by atoms with Crippen molar-refractivity contribution in [2.45, 2.75) is 51.4 Å². The van der Waals surface area contributed by atoms with Gasteiger partial charge < -0.3 is 15.9 Å². The molecule has 0 spiro atoms. The van der Waals surface area contributed by atoms with E-state index in [-0.39, 0.29) is 12.0 Å². The van der Waals surface area contributed by atoms with E-state index in [4.69, 9.17) is 5.73 Å². The maximum absolute atomic E-state index is 10.6. The Kier molecular flexibility index (Phi) is 6.52. The summed E-state index contributed by atoms with van der Waals surface area (Å²) >= 11 is 0. The lowest BCUT2D eigenvalue weighted by atomic mass is 9.88. The van der Waals surface area contributed by atoms with Gasteiger partial charge in [0.05, 0.1) is 12.2 Å². The lowest BCUT2D eigenvalue weighted by Crippen LogP contribution is -2.18. The molecule has 3 nitrogen and oxygen atoms in total. The first kappa shape index (κ1) is 21.0. The van der Waals surface area contributed by atoms with Crippen LogP contribution < -0.4 is 5.73 Å². The Morgan fingerprint density at radius 1 is 1.13 bits per heavy atom. The molecule has 0 aromatic heterocycles. The first-order chi connectivity index (χ1) is 14.5. The summed E-state index contributed by atoms with van der Waals surface area (Å²) in [5.41, 5.74) is 12.2. The molecule has 0 radical (unpaired) electrons. The molecule has 1 saturated carbocycles. The van der Waals surface area contributed by atoms with Crippen LogP contribution in [0.2, 0.25) is 0 Å². The van der Waals surface area contributed by atoms with E-state index in [2.05, 4.69) is 55.5 Å². The summed E-state index contributed by atoms with van der Waals surface area (Å²) in [6, 6.07) is 16.7. The summed E-state index contributed by atoms with van der Waals surface area (Å²) in [5.74, 6) is 0.978. The summed E-state index contributed by atoms with van der Waals surface area (Å²) in [7, 11) is 0. The SMILES string of the molecule is Cc1cccc(C[C@H](O)C=C[C@@H]2[C@H]3CC(Cc4ccccc4CN)=C[C@H]3C[C@H]2O)c1. The van der Waals surface area contributed by atoms with Gasteiger partial charge >= 0.3 is 0 Å². The van der Waals surface area contributed by atoms with Gasteiger partial charge in [0, 0.05) is 18.9 Å². The fraction of sp³-hybridized carbons (Fsp3) is 0.407. The second-order valence-corrected chi connectivity index (χ2v) is 9.03. The van der Waals surface area contributed by atoms with Gasteiger partial charge in [-0.3, -0.25) is 0 Å². The zero-order valence-electron chi connectivity index (χ0n) is 17.7. The number of nitrogens with two attached hydrogens (primary N) is 1. The van der Waals surface area contributed by atoms with Crippen molar-refractivity contribution in [2.75, 3.05) is 0 Å². The third kappa shape index (κ3) is 4.75. The monoisotopic (exact) mass is 403 g/mol. The molecule has 0 saturated heterocycles. The molecule has 30 heavy (non-hydrogen) atoms. The van der Waals surface area contributed by atoms with Crippen LogP contribution in [0.3, 0.4) is 0 Å². The normalized spacial score (nSPS) is 26.7. The van der Waals surface area contributed by atoms with E-state index in [0.717, 1.165) is 24.8 Å². The Hall–Kier alpha value is -2.20. The zero-order chi connectivity index (χ0) is 21.1. The molecule has 0 aliphatic heterocycles. The van der Waals surface area contributed by atoms with Crippen LogP contribution in [0.5, 0.6) is 0 Å². The quantitative estimate of drug-likeness (QED) is 0.610. The van der Waals surface area contributed by atoms with Crippen LogP contribution >= 0.6 is 0 Å². The Balaban J connectivity index is 1.39. The minimum absolute atomic E-state index is 0.112. The first-order valence-corrected chi connectivity index (χ1v) is 11.1. The van der Waals surface area contributed by atoms with E-state index < -0.39 is 6.10 Å². The van der Waals surface area contributed by atoms with Gasteiger partial charge in [-0.05, 0) is 54.7 Å². The number of allylic oxidation sites excluding steroid dienone is 2. The fourth-order valence-corrected chi connectivity index (χ4v) is 5.32. The van der Waals surface area contributed by atoms with E-state index in [1.165, 1.54) is 22.3 Å². The molecule has 0 heterocycles. The van der Waals surface area contributed by atoms with Crippen LogP contribution in [-0.4, -0.2) is 22.4 Å². The van der Waals surface area contributed by atoms with Gasteiger partial charge in [-0.1, -0.05) is 77.9 Å². The van der Waals surface area contributed by atoms with Crippen LogP contribution in [0.25, 0.3) is 0 Å². The number of hydrogen-bond acceptors (Lipinski definition) is 3. The molecule has 158 valence electrons. The fourth-order valence-electron chi connectivity index (χ4n) is 5.32. The smallest absolute Gasteiger partial charge is 0.0761 e. The number of rotatable bonds is 7. The Bertz CT molecular complexity index is 932. The van der Waals surface area contributed by atoms with E-state index in [9.17, 15) is 10.2 Å². The van der Waals surface area contributed by atoms with Crippen LogP contribution in [0.4, 0.5) is 0 Å². The van der Waals surface area contributed by atoms with E-state index in [1.54, 1.807) is 0 Å². The first-order valence-electron chi connectivity index (χ1n) is 11.1. The molecule has 4 rings (SSSR count). The Morgan fingerprint density at radius 3 is 2.70 bits per heavy atom. The van der Waals surface area contributed by atoms with Gasteiger partial charge in [0.2, 0.25) is 0 Å². The van der Waals surface area contributed by atoms with Gasteiger partial charge in [-0.15, -0.1) is 0 Å².